The molecule has 1 heterocycles. The molecular formula is C23H17N3O. The molecule has 0 unspecified atom stereocenters. The summed E-state index contributed by atoms with van der Waals surface area (Å²) >= 11 is 0. The molecule has 130 valence electrons. The molecule has 0 fully saturated rings. The molecule has 1 aliphatic rings. The van der Waals surface area contributed by atoms with Crippen molar-refractivity contribution in [2.45, 2.75) is 0 Å². The molecule has 0 aromatic heterocycles. The number of benzene rings is 3. The van der Waals surface area contributed by atoms with Gasteiger partial charge in [-0.05, 0) is 29.8 Å². The van der Waals surface area contributed by atoms with Gasteiger partial charge in [-0.3, -0.25) is 4.79 Å². The fourth-order valence-electron chi connectivity index (χ4n) is 3.31. The van der Waals surface area contributed by atoms with Crippen LogP contribution in [-0.2, 0) is 4.79 Å². The van der Waals surface area contributed by atoms with Crippen molar-refractivity contribution < 1.29 is 4.79 Å². The Bertz CT molecular complexity index is 1090. The third kappa shape index (κ3) is 2.96. The van der Waals surface area contributed by atoms with Crippen LogP contribution in [-0.4, -0.2) is 13.0 Å². The van der Waals surface area contributed by atoms with Crippen molar-refractivity contribution in [3.63, 3.8) is 0 Å². The summed E-state index contributed by atoms with van der Waals surface area (Å²) in [5.74, 6) is -0.0565. The summed E-state index contributed by atoms with van der Waals surface area (Å²) in [6.45, 7) is 0. The number of carbonyl (C=O) groups is 1. The summed E-state index contributed by atoms with van der Waals surface area (Å²) in [5, 5.41) is 12.6. The van der Waals surface area contributed by atoms with Crippen molar-refractivity contribution in [1.29, 1.82) is 5.26 Å². The van der Waals surface area contributed by atoms with E-state index in [4.69, 9.17) is 0 Å². The van der Waals surface area contributed by atoms with Crippen molar-refractivity contribution in [3.05, 3.63) is 95.6 Å². The summed E-state index contributed by atoms with van der Waals surface area (Å²) in [5.41, 5.74) is 5.38. The zero-order valence-corrected chi connectivity index (χ0v) is 14.8. The number of nitrogens with one attached hydrogen (secondary N) is 1. The molecule has 0 aliphatic carbocycles. The van der Waals surface area contributed by atoms with Crippen LogP contribution < -0.4 is 10.2 Å². The lowest BCUT2D eigenvalue weighted by Gasteiger charge is -2.15. The van der Waals surface area contributed by atoms with Crippen LogP contribution in [0.25, 0.3) is 11.3 Å². The smallest absolute Gasteiger partial charge is 0.260 e. The van der Waals surface area contributed by atoms with Gasteiger partial charge in [-0.2, -0.15) is 5.26 Å². The number of fused-ring (bicyclic) bond motifs is 1. The van der Waals surface area contributed by atoms with E-state index in [2.05, 4.69) is 11.4 Å². The van der Waals surface area contributed by atoms with Crippen LogP contribution >= 0.6 is 0 Å². The highest BCUT2D eigenvalue weighted by Crippen LogP contribution is 2.40. The topological polar surface area (TPSA) is 56.1 Å². The average Bonchev–Trinajstić information content (AvgIpc) is 2.98. The van der Waals surface area contributed by atoms with Gasteiger partial charge >= 0.3 is 0 Å². The Hall–Kier alpha value is -3.84. The van der Waals surface area contributed by atoms with Gasteiger partial charge in [-0.1, -0.05) is 54.6 Å². The Morgan fingerprint density at radius 2 is 1.70 bits per heavy atom. The standard InChI is InChI=1S/C23H17N3O/c1-26-20-13-6-5-12-19(20)21(23(26)27)22(17-9-3-2-4-10-17)25-18-11-7-8-16(14-18)15-24/h2-14,25H,1H3/b22-21-. The van der Waals surface area contributed by atoms with Crippen LogP contribution in [0.3, 0.4) is 0 Å². The van der Waals surface area contributed by atoms with Crippen molar-refractivity contribution >= 4 is 28.6 Å². The molecule has 0 radical (unpaired) electrons. The Balaban J connectivity index is 1.93. The molecule has 27 heavy (non-hydrogen) atoms. The summed E-state index contributed by atoms with van der Waals surface area (Å²) < 4.78 is 0. The lowest BCUT2D eigenvalue weighted by molar-refractivity contribution is -0.112. The highest BCUT2D eigenvalue weighted by atomic mass is 16.2. The van der Waals surface area contributed by atoms with Crippen molar-refractivity contribution in [1.82, 2.24) is 0 Å². The van der Waals surface area contributed by atoms with Crippen LogP contribution in [0.15, 0.2) is 78.9 Å². The van der Waals surface area contributed by atoms with Gasteiger partial charge in [0.05, 0.1) is 28.6 Å². The van der Waals surface area contributed by atoms with Crippen molar-refractivity contribution in [2.24, 2.45) is 0 Å². The second-order valence-electron chi connectivity index (χ2n) is 6.31. The van der Waals surface area contributed by atoms with E-state index in [1.807, 2.05) is 66.7 Å². The molecular weight excluding hydrogens is 334 g/mol. The molecule has 1 N–H and O–H groups in total. The van der Waals surface area contributed by atoms with Crippen LogP contribution in [0.1, 0.15) is 16.7 Å². The number of carbonyl (C=O) groups excluding carboxylic acids is 1. The molecule has 0 bridgehead atoms. The number of nitrogens with zero attached hydrogens (tertiary/aromatic N) is 2. The maximum absolute atomic E-state index is 13.1. The van der Waals surface area contributed by atoms with E-state index in [9.17, 15) is 10.1 Å². The van der Waals surface area contributed by atoms with Gasteiger partial charge in [0, 0.05) is 18.3 Å². The normalized spacial score (nSPS) is 14.5. The quantitative estimate of drug-likeness (QED) is 0.706. The molecule has 0 atom stereocenters. The van der Waals surface area contributed by atoms with Gasteiger partial charge in [0.25, 0.3) is 5.91 Å². The van der Waals surface area contributed by atoms with Crippen LogP contribution in [0.4, 0.5) is 11.4 Å². The zero-order valence-electron chi connectivity index (χ0n) is 14.8. The molecule has 0 spiro atoms. The van der Waals surface area contributed by atoms with E-state index >= 15 is 0 Å². The average molecular weight is 351 g/mol. The largest absolute Gasteiger partial charge is 0.354 e. The Labute approximate surface area is 158 Å². The minimum Gasteiger partial charge on any atom is -0.354 e. The molecule has 3 aromatic carbocycles. The highest BCUT2D eigenvalue weighted by molar-refractivity contribution is 6.38. The summed E-state index contributed by atoms with van der Waals surface area (Å²) in [7, 11) is 1.78. The number of likely N-dealkylation sites (N-methyl/N-ethyl adjacent to an activating group) is 1. The summed E-state index contributed by atoms with van der Waals surface area (Å²) in [4.78, 5) is 14.7. The van der Waals surface area contributed by atoms with Gasteiger partial charge in [0.1, 0.15) is 0 Å². The maximum atomic E-state index is 13.1. The molecule has 1 aliphatic heterocycles. The fourth-order valence-corrected chi connectivity index (χ4v) is 3.31. The van der Waals surface area contributed by atoms with Gasteiger partial charge in [0.15, 0.2) is 0 Å². The fraction of sp³-hybridized carbons (Fsp3) is 0.0435. The molecule has 4 nitrogen and oxygen atoms in total. The summed E-state index contributed by atoms with van der Waals surface area (Å²) in [6.07, 6.45) is 0. The number of amides is 1. The lowest BCUT2D eigenvalue weighted by Crippen LogP contribution is -2.21. The van der Waals surface area contributed by atoms with Gasteiger partial charge in [0.2, 0.25) is 0 Å². The minimum atomic E-state index is -0.0565. The molecule has 0 saturated heterocycles. The Kier molecular flexibility index (Phi) is 4.19. The number of hydrogen-bond acceptors (Lipinski definition) is 3. The third-order valence-corrected chi connectivity index (χ3v) is 4.63. The number of hydrogen-bond donors (Lipinski definition) is 1. The molecule has 3 aromatic rings. The van der Waals surface area contributed by atoms with Crippen LogP contribution in [0, 0.1) is 11.3 Å². The van der Waals surface area contributed by atoms with Crippen molar-refractivity contribution in [3.8, 4) is 6.07 Å². The minimum absolute atomic E-state index is 0.0565. The predicted octanol–water partition coefficient (Wildman–Crippen LogP) is 4.52. The zero-order chi connectivity index (χ0) is 18.8. The third-order valence-electron chi connectivity index (χ3n) is 4.63. The molecule has 0 saturated carbocycles. The first-order valence-electron chi connectivity index (χ1n) is 8.63. The van der Waals surface area contributed by atoms with E-state index in [1.165, 1.54) is 0 Å². The molecule has 4 rings (SSSR count). The Morgan fingerprint density at radius 1 is 0.963 bits per heavy atom. The van der Waals surface area contributed by atoms with E-state index in [0.717, 1.165) is 28.2 Å². The highest BCUT2D eigenvalue weighted by Gasteiger charge is 2.32. The van der Waals surface area contributed by atoms with Crippen molar-refractivity contribution in [2.75, 3.05) is 17.3 Å². The van der Waals surface area contributed by atoms with E-state index in [1.54, 1.807) is 24.1 Å². The molecule has 4 heteroatoms. The van der Waals surface area contributed by atoms with E-state index < -0.39 is 0 Å². The second-order valence-corrected chi connectivity index (χ2v) is 6.31. The predicted molar refractivity (Wildman–Crippen MR) is 108 cm³/mol. The first kappa shape index (κ1) is 16.6. The molecule has 1 amide bonds. The first-order chi connectivity index (χ1) is 13.2. The number of para-hydroxylation sites is 1. The first-order valence-corrected chi connectivity index (χ1v) is 8.63. The Morgan fingerprint density at radius 3 is 2.48 bits per heavy atom. The van der Waals surface area contributed by atoms with E-state index in [0.29, 0.717) is 11.1 Å². The number of nitriles is 1. The van der Waals surface area contributed by atoms with Crippen LogP contribution in [0.2, 0.25) is 0 Å². The number of rotatable bonds is 3. The van der Waals surface area contributed by atoms with Crippen LogP contribution in [0.5, 0.6) is 0 Å². The summed E-state index contributed by atoms with van der Waals surface area (Å²) in [6, 6.07) is 26.9. The maximum Gasteiger partial charge on any atom is 0.260 e. The second kappa shape index (κ2) is 6.81. The lowest BCUT2D eigenvalue weighted by atomic mass is 10.00. The van der Waals surface area contributed by atoms with Gasteiger partial charge < -0.3 is 10.2 Å². The van der Waals surface area contributed by atoms with E-state index in [-0.39, 0.29) is 5.91 Å². The SMILES string of the molecule is CN1C(=O)/C(=C(\Nc2cccc(C#N)c2)c2ccccc2)c2ccccc21. The number of anilines is 2. The van der Waals surface area contributed by atoms with Gasteiger partial charge in [-0.15, -0.1) is 0 Å². The monoisotopic (exact) mass is 351 g/mol. The van der Waals surface area contributed by atoms with Gasteiger partial charge in [-0.25, -0.2) is 0 Å².